The van der Waals surface area contributed by atoms with E-state index < -0.39 is 5.60 Å². The summed E-state index contributed by atoms with van der Waals surface area (Å²) >= 11 is 0. The number of likely N-dealkylation sites (tertiary alicyclic amines) is 1. The maximum atomic E-state index is 12.8. The largest absolute Gasteiger partial charge is 0.457 e. The summed E-state index contributed by atoms with van der Waals surface area (Å²) in [6.07, 6.45) is 6.74. The Morgan fingerprint density at radius 3 is 2.69 bits per heavy atom. The number of rotatable bonds is 4. The Hall–Kier alpha value is -0.785. The van der Waals surface area contributed by atoms with Crippen LogP contribution in [0.15, 0.2) is 0 Å². The molecule has 6 rings (SSSR count). The number of nitrogens with one attached hydrogen (secondary N) is 1. The third-order valence-electron chi connectivity index (χ3n) is 10.1. The van der Waals surface area contributed by atoms with E-state index in [1.807, 2.05) is 25.7 Å². The molecule has 3 saturated heterocycles. The summed E-state index contributed by atoms with van der Waals surface area (Å²) in [6, 6.07) is 0.527. The van der Waals surface area contributed by atoms with Gasteiger partial charge in [-0.05, 0) is 90.4 Å². The van der Waals surface area contributed by atoms with Gasteiger partial charge in [-0.25, -0.2) is 4.79 Å². The van der Waals surface area contributed by atoms with Crippen molar-refractivity contribution in [2.45, 2.75) is 116 Å². The van der Waals surface area contributed by atoms with E-state index in [9.17, 15) is 4.79 Å². The van der Waals surface area contributed by atoms with Gasteiger partial charge in [-0.15, -0.1) is 0 Å². The van der Waals surface area contributed by atoms with Crippen LogP contribution in [0.3, 0.4) is 0 Å². The van der Waals surface area contributed by atoms with Gasteiger partial charge in [0.05, 0.1) is 11.7 Å². The molecule has 0 radical (unpaired) electrons. The molecule has 7 heteroatoms. The molecular formula is C25H43BN2O4. The second-order valence-corrected chi connectivity index (χ2v) is 13.1. The van der Waals surface area contributed by atoms with E-state index >= 15 is 0 Å². The number of amides is 1. The first-order valence-electron chi connectivity index (χ1n) is 12.9. The summed E-state index contributed by atoms with van der Waals surface area (Å²) in [6.45, 7) is 16.9. The topological polar surface area (TPSA) is 60.0 Å². The van der Waals surface area contributed by atoms with Crippen molar-refractivity contribution in [1.82, 2.24) is 10.2 Å². The summed E-state index contributed by atoms with van der Waals surface area (Å²) in [7, 11) is -0.0805. The van der Waals surface area contributed by atoms with Crippen molar-refractivity contribution in [2.75, 3.05) is 13.1 Å². The minimum Gasteiger partial charge on any atom is -0.444 e. The lowest BCUT2D eigenvalue weighted by molar-refractivity contribution is -0.199. The zero-order chi connectivity index (χ0) is 23.1. The van der Waals surface area contributed by atoms with Crippen LogP contribution in [0.1, 0.15) is 80.6 Å². The molecule has 3 heterocycles. The Balaban J connectivity index is 1.19. The number of hydrogen-bond acceptors (Lipinski definition) is 5. The lowest BCUT2D eigenvalue weighted by Gasteiger charge is -2.64. The van der Waals surface area contributed by atoms with Gasteiger partial charge in [0.25, 0.3) is 0 Å². The van der Waals surface area contributed by atoms with Gasteiger partial charge in [0.1, 0.15) is 5.60 Å². The number of ether oxygens (including phenoxy) is 1. The van der Waals surface area contributed by atoms with Gasteiger partial charge in [-0.2, -0.15) is 0 Å². The fraction of sp³-hybridized carbons (Fsp3) is 0.960. The molecule has 0 aromatic rings. The normalized spacial score (nSPS) is 44.3. The SMILES string of the molecule is C[C@H]1N(C(=O)OC(C)(C)C)C[C@@H]2NCC[C@@]21CCCB1O[C@@H]2C[C@@H]3C[C@@H](C3(C)C)[C@]2(C)O1. The number of carbonyl (C=O) groups excluding carboxylic acids is 1. The molecule has 1 N–H and O–H groups in total. The van der Waals surface area contributed by atoms with Gasteiger partial charge >= 0.3 is 13.2 Å². The molecule has 180 valence electrons. The molecule has 32 heavy (non-hydrogen) atoms. The molecule has 3 saturated carbocycles. The molecule has 0 unspecified atom stereocenters. The first kappa shape index (κ1) is 23.0. The van der Waals surface area contributed by atoms with Crippen LogP contribution in [-0.4, -0.2) is 60.6 Å². The Morgan fingerprint density at radius 1 is 1.25 bits per heavy atom. The van der Waals surface area contributed by atoms with E-state index in [0.717, 1.165) is 51.0 Å². The average Bonchev–Trinajstić information content (AvgIpc) is 3.30. The maximum absolute atomic E-state index is 12.8. The number of fused-ring (bicyclic) bond motifs is 1. The monoisotopic (exact) mass is 446 g/mol. The Bertz CT molecular complexity index is 770. The third-order valence-corrected chi connectivity index (χ3v) is 10.1. The number of carbonyl (C=O) groups is 1. The molecule has 0 aromatic carbocycles. The summed E-state index contributed by atoms with van der Waals surface area (Å²) in [5.74, 6) is 1.40. The molecule has 3 aliphatic heterocycles. The van der Waals surface area contributed by atoms with Crippen molar-refractivity contribution in [3.05, 3.63) is 0 Å². The highest BCUT2D eigenvalue weighted by molar-refractivity contribution is 6.45. The van der Waals surface area contributed by atoms with Crippen LogP contribution >= 0.6 is 0 Å². The molecule has 6 fully saturated rings. The van der Waals surface area contributed by atoms with Crippen LogP contribution in [0.25, 0.3) is 0 Å². The minimum absolute atomic E-state index is 0.0805. The van der Waals surface area contributed by atoms with E-state index in [1.54, 1.807) is 0 Å². The standard InChI is InChI=1S/C25H43BN2O4/c1-16-25(10-12-27-19(25)15-28(16)21(29)30-22(2,3)4)9-8-11-26-31-20-14-17-13-18(23(17,5)6)24(20,7)32-26/h16-20,27H,8-15H2,1-7H3/t16-,17+,18+,19+,20-,24+,25-/m1/s1. The second-order valence-electron chi connectivity index (χ2n) is 13.1. The van der Waals surface area contributed by atoms with Crippen molar-refractivity contribution in [3.63, 3.8) is 0 Å². The first-order valence-corrected chi connectivity index (χ1v) is 12.9. The van der Waals surface area contributed by atoms with E-state index in [2.05, 4.69) is 33.0 Å². The fourth-order valence-corrected chi connectivity index (χ4v) is 8.00. The van der Waals surface area contributed by atoms with E-state index in [0.29, 0.717) is 17.4 Å². The zero-order valence-corrected chi connectivity index (χ0v) is 21.2. The summed E-state index contributed by atoms with van der Waals surface area (Å²) in [4.78, 5) is 14.8. The van der Waals surface area contributed by atoms with Gasteiger partial charge in [-0.1, -0.05) is 20.3 Å². The van der Waals surface area contributed by atoms with Crippen molar-refractivity contribution in [2.24, 2.45) is 22.7 Å². The molecule has 7 atom stereocenters. The minimum atomic E-state index is -0.464. The first-order chi connectivity index (χ1) is 14.9. The molecule has 0 spiro atoms. The van der Waals surface area contributed by atoms with Gasteiger partial charge in [0.15, 0.2) is 0 Å². The Kier molecular flexibility index (Phi) is 5.28. The van der Waals surface area contributed by atoms with Crippen LogP contribution in [0.5, 0.6) is 0 Å². The van der Waals surface area contributed by atoms with Crippen molar-refractivity contribution in [1.29, 1.82) is 0 Å². The van der Waals surface area contributed by atoms with Crippen LogP contribution in [0.4, 0.5) is 4.79 Å². The third kappa shape index (κ3) is 3.36. The van der Waals surface area contributed by atoms with E-state index in [1.165, 1.54) is 6.42 Å². The van der Waals surface area contributed by atoms with Crippen molar-refractivity contribution < 1.29 is 18.8 Å². The van der Waals surface area contributed by atoms with Crippen LogP contribution in [-0.2, 0) is 14.0 Å². The highest BCUT2D eigenvalue weighted by Crippen LogP contribution is 2.65. The molecule has 6 nitrogen and oxygen atoms in total. The lowest BCUT2D eigenvalue weighted by Crippen LogP contribution is -2.65. The van der Waals surface area contributed by atoms with E-state index in [-0.39, 0.29) is 36.4 Å². The fourth-order valence-electron chi connectivity index (χ4n) is 8.00. The van der Waals surface area contributed by atoms with Gasteiger partial charge in [0, 0.05) is 24.0 Å². The lowest BCUT2D eigenvalue weighted by atomic mass is 9.43. The molecule has 0 aromatic heterocycles. The molecule has 3 aliphatic carbocycles. The van der Waals surface area contributed by atoms with Gasteiger partial charge in [-0.3, -0.25) is 0 Å². The van der Waals surface area contributed by atoms with Crippen LogP contribution in [0.2, 0.25) is 6.32 Å². The molecular weight excluding hydrogens is 403 g/mol. The number of nitrogens with zero attached hydrogens (tertiary/aromatic N) is 1. The molecule has 1 amide bonds. The molecule has 6 aliphatic rings. The average molecular weight is 446 g/mol. The van der Waals surface area contributed by atoms with E-state index in [4.69, 9.17) is 14.0 Å². The van der Waals surface area contributed by atoms with Gasteiger partial charge < -0.3 is 24.3 Å². The quantitative estimate of drug-likeness (QED) is 0.646. The number of hydrogen-bond donors (Lipinski definition) is 1. The second kappa shape index (κ2) is 7.35. The predicted molar refractivity (Wildman–Crippen MR) is 125 cm³/mol. The van der Waals surface area contributed by atoms with Crippen LogP contribution < -0.4 is 5.32 Å². The highest BCUT2D eigenvalue weighted by atomic mass is 16.7. The highest BCUT2D eigenvalue weighted by Gasteiger charge is 2.67. The van der Waals surface area contributed by atoms with Crippen molar-refractivity contribution >= 4 is 13.2 Å². The molecule has 2 bridgehead atoms. The predicted octanol–water partition coefficient (Wildman–Crippen LogP) is 4.48. The summed E-state index contributed by atoms with van der Waals surface area (Å²) in [5.41, 5.74) is -0.0770. The zero-order valence-electron chi connectivity index (χ0n) is 21.2. The Morgan fingerprint density at radius 2 is 2.00 bits per heavy atom. The summed E-state index contributed by atoms with van der Waals surface area (Å²) in [5, 5.41) is 3.67. The van der Waals surface area contributed by atoms with Gasteiger partial charge in [0.2, 0.25) is 0 Å². The summed E-state index contributed by atoms with van der Waals surface area (Å²) < 4.78 is 18.8. The maximum Gasteiger partial charge on any atom is 0.457 e. The Labute approximate surface area is 194 Å². The van der Waals surface area contributed by atoms with Crippen molar-refractivity contribution in [3.8, 4) is 0 Å². The smallest absolute Gasteiger partial charge is 0.444 e. The van der Waals surface area contributed by atoms with Crippen LogP contribution in [0, 0.1) is 22.7 Å².